The molecule has 136 valence electrons. The highest BCUT2D eigenvalue weighted by Gasteiger charge is 2.15. The molecule has 1 aromatic heterocycles. The molecule has 5 nitrogen and oxygen atoms in total. The summed E-state index contributed by atoms with van der Waals surface area (Å²) in [7, 11) is -3.67. The first-order valence-corrected chi connectivity index (χ1v) is 10.2. The van der Waals surface area contributed by atoms with Crippen LogP contribution in [0.4, 0.5) is 5.69 Å². The predicted octanol–water partition coefficient (Wildman–Crippen LogP) is 4.60. The second-order valence-corrected chi connectivity index (χ2v) is 8.23. The summed E-state index contributed by atoms with van der Waals surface area (Å²) in [6, 6.07) is 12.0. The Balaban J connectivity index is 1.77. The van der Waals surface area contributed by atoms with Gasteiger partial charge in [0.2, 0.25) is 0 Å². The number of sulfonamides is 1. The molecule has 0 unspecified atom stereocenters. The molecule has 0 saturated carbocycles. The Labute approximate surface area is 162 Å². The van der Waals surface area contributed by atoms with Crippen LogP contribution in [0.15, 0.2) is 59.8 Å². The average molecular weight is 410 g/mol. The van der Waals surface area contributed by atoms with Crippen molar-refractivity contribution in [3.63, 3.8) is 0 Å². The summed E-state index contributed by atoms with van der Waals surface area (Å²) in [5.41, 5.74) is 2.17. The molecular formula is C18H17Cl2N3O2S. The van der Waals surface area contributed by atoms with Crippen molar-refractivity contribution in [2.75, 3.05) is 4.72 Å². The number of anilines is 1. The lowest BCUT2D eigenvalue weighted by molar-refractivity contribution is 0.601. The van der Waals surface area contributed by atoms with Crippen molar-refractivity contribution in [2.45, 2.75) is 24.8 Å². The first-order valence-electron chi connectivity index (χ1n) is 7.96. The maximum atomic E-state index is 12.5. The maximum absolute atomic E-state index is 12.5. The Morgan fingerprint density at radius 3 is 2.35 bits per heavy atom. The molecule has 1 N–H and O–H groups in total. The fourth-order valence-corrected chi connectivity index (χ4v) is 4.01. The zero-order valence-corrected chi connectivity index (χ0v) is 16.3. The number of hydrogen-bond donors (Lipinski definition) is 1. The highest BCUT2D eigenvalue weighted by atomic mass is 35.5. The van der Waals surface area contributed by atoms with Gasteiger partial charge in [-0.2, -0.15) is 5.10 Å². The van der Waals surface area contributed by atoms with Gasteiger partial charge in [-0.1, -0.05) is 48.3 Å². The van der Waals surface area contributed by atoms with E-state index in [4.69, 9.17) is 23.2 Å². The standard InChI is InChI=1S/C18H17Cl2N3O2S/c1-2-13-6-8-15(9-7-13)26(24,25)22-14-10-21-23(11-14)12-16-17(19)4-3-5-18(16)20/h3-11,22H,2,12H2,1H3. The quantitative estimate of drug-likeness (QED) is 0.646. The van der Waals surface area contributed by atoms with Crippen LogP contribution in [-0.2, 0) is 23.0 Å². The van der Waals surface area contributed by atoms with E-state index in [2.05, 4.69) is 9.82 Å². The van der Waals surface area contributed by atoms with Crippen LogP contribution in [0, 0.1) is 0 Å². The van der Waals surface area contributed by atoms with E-state index >= 15 is 0 Å². The number of nitrogens with one attached hydrogen (secondary N) is 1. The lowest BCUT2D eigenvalue weighted by Crippen LogP contribution is -2.12. The van der Waals surface area contributed by atoms with Crippen LogP contribution in [0.3, 0.4) is 0 Å². The average Bonchev–Trinajstić information content (AvgIpc) is 3.05. The van der Waals surface area contributed by atoms with E-state index in [9.17, 15) is 8.42 Å². The molecular weight excluding hydrogens is 393 g/mol. The molecule has 0 bridgehead atoms. The highest BCUT2D eigenvalue weighted by molar-refractivity contribution is 7.92. The Bertz CT molecular complexity index is 995. The third-order valence-corrected chi connectivity index (χ3v) is 6.01. The third kappa shape index (κ3) is 4.20. The predicted molar refractivity (Wildman–Crippen MR) is 104 cm³/mol. The number of benzene rings is 2. The number of hydrogen-bond acceptors (Lipinski definition) is 3. The Kier molecular flexibility index (Phi) is 5.55. The largest absolute Gasteiger partial charge is 0.276 e. The third-order valence-electron chi connectivity index (χ3n) is 3.91. The summed E-state index contributed by atoms with van der Waals surface area (Å²) in [5, 5.41) is 5.24. The molecule has 3 aromatic rings. The van der Waals surface area contributed by atoms with Crippen molar-refractivity contribution in [1.82, 2.24) is 9.78 Å². The smallest absolute Gasteiger partial charge is 0.261 e. The van der Waals surface area contributed by atoms with E-state index in [1.807, 2.05) is 6.92 Å². The van der Waals surface area contributed by atoms with Gasteiger partial charge in [-0.25, -0.2) is 8.42 Å². The second-order valence-electron chi connectivity index (χ2n) is 5.73. The zero-order chi connectivity index (χ0) is 18.7. The molecule has 0 atom stereocenters. The van der Waals surface area contributed by atoms with E-state index in [1.54, 1.807) is 53.3 Å². The first-order chi connectivity index (χ1) is 12.4. The van der Waals surface area contributed by atoms with Crippen LogP contribution in [-0.4, -0.2) is 18.2 Å². The normalized spacial score (nSPS) is 11.5. The van der Waals surface area contributed by atoms with E-state index in [0.717, 1.165) is 17.5 Å². The fraction of sp³-hybridized carbons (Fsp3) is 0.167. The van der Waals surface area contributed by atoms with Crippen LogP contribution in [0.1, 0.15) is 18.1 Å². The van der Waals surface area contributed by atoms with Crippen molar-refractivity contribution in [2.24, 2.45) is 0 Å². The molecule has 0 amide bonds. The zero-order valence-electron chi connectivity index (χ0n) is 14.0. The Morgan fingerprint density at radius 1 is 1.08 bits per heavy atom. The topological polar surface area (TPSA) is 64.0 Å². The number of rotatable bonds is 6. The minimum atomic E-state index is -3.67. The molecule has 8 heteroatoms. The summed E-state index contributed by atoms with van der Waals surface area (Å²) in [4.78, 5) is 0.205. The fourth-order valence-electron chi connectivity index (χ4n) is 2.47. The van der Waals surface area contributed by atoms with E-state index in [0.29, 0.717) is 22.3 Å². The summed E-state index contributed by atoms with van der Waals surface area (Å²) >= 11 is 12.3. The molecule has 0 fully saturated rings. The number of aryl methyl sites for hydroxylation is 1. The van der Waals surface area contributed by atoms with Crippen molar-refractivity contribution in [1.29, 1.82) is 0 Å². The van der Waals surface area contributed by atoms with Gasteiger partial charge in [0.15, 0.2) is 0 Å². The second kappa shape index (κ2) is 7.70. The molecule has 26 heavy (non-hydrogen) atoms. The van der Waals surface area contributed by atoms with Crippen molar-refractivity contribution < 1.29 is 8.42 Å². The number of nitrogens with zero attached hydrogens (tertiary/aromatic N) is 2. The van der Waals surface area contributed by atoms with Crippen LogP contribution >= 0.6 is 23.2 Å². The maximum Gasteiger partial charge on any atom is 0.261 e. The monoisotopic (exact) mass is 409 g/mol. The number of halogens is 2. The van der Waals surface area contributed by atoms with E-state index in [1.165, 1.54) is 6.20 Å². The lowest BCUT2D eigenvalue weighted by atomic mass is 10.2. The summed E-state index contributed by atoms with van der Waals surface area (Å²) in [6.45, 7) is 2.35. The summed E-state index contributed by atoms with van der Waals surface area (Å²) in [5.74, 6) is 0. The van der Waals surface area contributed by atoms with Crippen molar-refractivity contribution in [3.8, 4) is 0 Å². The molecule has 0 aliphatic heterocycles. The highest BCUT2D eigenvalue weighted by Crippen LogP contribution is 2.25. The van der Waals surface area contributed by atoms with Gasteiger partial charge in [-0.3, -0.25) is 9.40 Å². The van der Waals surface area contributed by atoms with Crippen molar-refractivity contribution in [3.05, 3.63) is 76.0 Å². The van der Waals surface area contributed by atoms with Crippen LogP contribution in [0.25, 0.3) is 0 Å². The van der Waals surface area contributed by atoms with Crippen LogP contribution in [0.2, 0.25) is 10.0 Å². The summed E-state index contributed by atoms with van der Waals surface area (Å²) in [6.07, 6.45) is 3.89. The SMILES string of the molecule is CCc1ccc(S(=O)(=O)Nc2cnn(Cc3c(Cl)cccc3Cl)c2)cc1. The van der Waals surface area contributed by atoms with Gasteiger partial charge in [0.05, 0.1) is 23.3 Å². The van der Waals surface area contributed by atoms with Gasteiger partial charge in [0.25, 0.3) is 10.0 Å². The Hall–Kier alpha value is -2.02. The molecule has 0 radical (unpaired) electrons. The molecule has 3 rings (SSSR count). The van der Waals surface area contributed by atoms with Crippen LogP contribution < -0.4 is 4.72 Å². The van der Waals surface area contributed by atoms with Gasteiger partial charge in [-0.05, 0) is 36.2 Å². The lowest BCUT2D eigenvalue weighted by Gasteiger charge is -2.07. The molecule has 0 aliphatic rings. The Morgan fingerprint density at radius 2 is 1.73 bits per heavy atom. The minimum absolute atomic E-state index is 0.205. The van der Waals surface area contributed by atoms with Gasteiger partial charge >= 0.3 is 0 Å². The van der Waals surface area contributed by atoms with E-state index < -0.39 is 10.0 Å². The minimum Gasteiger partial charge on any atom is -0.276 e. The van der Waals surface area contributed by atoms with E-state index in [-0.39, 0.29) is 4.90 Å². The van der Waals surface area contributed by atoms with Gasteiger partial charge in [0.1, 0.15) is 0 Å². The molecule has 1 heterocycles. The molecule has 2 aromatic carbocycles. The molecule has 0 aliphatic carbocycles. The van der Waals surface area contributed by atoms with Gasteiger partial charge < -0.3 is 0 Å². The van der Waals surface area contributed by atoms with Crippen molar-refractivity contribution >= 4 is 38.9 Å². The van der Waals surface area contributed by atoms with Gasteiger partial charge in [0, 0.05) is 21.8 Å². The first kappa shape index (κ1) is 18.8. The molecule has 0 saturated heterocycles. The molecule has 0 spiro atoms. The number of aromatic nitrogens is 2. The summed E-state index contributed by atoms with van der Waals surface area (Å²) < 4.78 is 29.1. The van der Waals surface area contributed by atoms with Gasteiger partial charge in [-0.15, -0.1) is 0 Å². The van der Waals surface area contributed by atoms with Crippen LogP contribution in [0.5, 0.6) is 0 Å².